The predicted molar refractivity (Wildman–Crippen MR) is 43.3 cm³/mol. The van der Waals surface area contributed by atoms with Gasteiger partial charge >= 0.3 is 0 Å². The quantitative estimate of drug-likeness (QED) is 0.612. The van der Waals surface area contributed by atoms with Crippen molar-refractivity contribution in [2.24, 2.45) is 5.92 Å². The van der Waals surface area contributed by atoms with E-state index in [-0.39, 0.29) is 6.04 Å². The number of hydrogen-bond acceptors (Lipinski definition) is 1. The van der Waals surface area contributed by atoms with Gasteiger partial charge in [0, 0.05) is 6.04 Å². The molecule has 1 saturated carbocycles. The van der Waals surface area contributed by atoms with Gasteiger partial charge < -0.3 is 5.32 Å². The summed E-state index contributed by atoms with van der Waals surface area (Å²) in [5.74, 6) is 0.658. The van der Waals surface area contributed by atoms with Crippen molar-refractivity contribution in [2.75, 3.05) is 6.54 Å². The third-order valence-electron chi connectivity index (χ3n) is 3.08. The molecule has 2 rings (SSSR count). The molecule has 11 heavy (non-hydrogen) atoms. The largest absolute Gasteiger partial charge is 0.311 e. The minimum absolute atomic E-state index is 0.206. The molecule has 2 unspecified atom stereocenters. The second kappa shape index (κ2) is 3.10. The average molecular weight is 157 g/mol. The summed E-state index contributed by atoms with van der Waals surface area (Å²) in [5, 5.41) is 3.30. The third-order valence-corrected chi connectivity index (χ3v) is 3.08. The summed E-state index contributed by atoms with van der Waals surface area (Å²) in [6.07, 6.45) is 5.05. The summed E-state index contributed by atoms with van der Waals surface area (Å²) in [7, 11) is 0. The van der Waals surface area contributed by atoms with E-state index in [1.807, 2.05) is 0 Å². The minimum Gasteiger partial charge on any atom is -0.311 e. The monoisotopic (exact) mass is 157 g/mol. The molecule has 2 atom stereocenters. The molecule has 1 saturated heterocycles. The normalized spacial score (nSPS) is 40.1. The zero-order valence-corrected chi connectivity index (χ0v) is 6.85. The van der Waals surface area contributed by atoms with Gasteiger partial charge in [0.2, 0.25) is 0 Å². The number of alkyl halides is 1. The molecule has 0 amide bonds. The van der Waals surface area contributed by atoms with Crippen molar-refractivity contribution in [3.63, 3.8) is 0 Å². The van der Waals surface area contributed by atoms with Crippen LogP contribution in [0.1, 0.15) is 32.1 Å². The summed E-state index contributed by atoms with van der Waals surface area (Å²) >= 11 is 0. The van der Waals surface area contributed by atoms with Crippen LogP contribution >= 0.6 is 0 Å². The SMILES string of the molecule is FC1CCCNC1C1CCC1. The van der Waals surface area contributed by atoms with Crippen LogP contribution < -0.4 is 5.32 Å². The summed E-state index contributed by atoms with van der Waals surface area (Å²) in [6, 6.07) is 0.206. The lowest BCUT2D eigenvalue weighted by molar-refractivity contribution is 0.110. The van der Waals surface area contributed by atoms with E-state index in [0.717, 1.165) is 19.4 Å². The molecule has 0 bridgehead atoms. The molecule has 0 aromatic heterocycles. The Morgan fingerprint density at radius 2 is 1.91 bits per heavy atom. The van der Waals surface area contributed by atoms with Gasteiger partial charge in [-0.2, -0.15) is 0 Å². The topological polar surface area (TPSA) is 12.0 Å². The molecule has 0 aromatic rings. The molecule has 1 nitrogen and oxygen atoms in total. The Hall–Kier alpha value is -0.110. The first kappa shape index (κ1) is 7.53. The fourth-order valence-electron chi connectivity index (χ4n) is 2.13. The molecule has 1 heterocycles. The summed E-state index contributed by atoms with van der Waals surface area (Å²) in [4.78, 5) is 0. The van der Waals surface area contributed by atoms with E-state index in [2.05, 4.69) is 5.32 Å². The standard InChI is InChI=1S/C9H16FN/c10-8-5-2-6-11-9(8)7-3-1-4-7/h7-9,11H,1-6H2. The molecule has 0 aromatic carbocycles. The van der Waals surface area contributed by atoms with Crippen LogP contribution in [0.2, 0.25) is 0 Å². The van der Waals surface area contributed by atoms with Crippen LogP contribution in [0, 0.1) is 5.92 Å². The van der Waals surface area contributed by atoms with Crippen LogP contribution in [-0.2, 0) is 0 Å². The Balaban J connectivity index is 1.88. The van der Waals surface area contributed by atoms with Crippen molar-refractivity contribution in [3.05, 3.63) is 0 Å². The highest BCUT2D eigenvalue weighted by Crippen LogP contribution is 2.33. The van der Waals surface area contributed by atoms with Crippen molar-refractivity contribution >= 4 is 0 Å². The lowest BCUT2D eigenvalue weighted by atomic mass is 9.76. The smallest absolute Gasteiger partial charge is 0.116 e. The molecule has 1 aliphatic carbocycles. The zero-order chi connectivity index (χ0) is 7.68. The Morgan fingerprint density at radius 1 is 1.09 bits per heavy atom. The van der Waals surface area contributed by atoms with Gasteiger partial charge in [0.25, 0.3) is 0 Å². The highest BCUT2D eigenvalue weighted by molar-refractivity contribution is 4.90. The lowest BCUT2D eigenvalue weighted by Crippen LogP contribution is -2.49. The van der Waals surface area contributed by atoms with Crippen molar-refractivity contribution in [3.8, 4) is 0 Å². The summed E-state index contributed by atoms with van der Waals surface area (Å²) in [5.41, 5.74) is 0. The highest BCUT2D eigenvalue weighted by Gasteiger charge is 2.34. The predicted octanol–water partition coefficient (Wildman–Crippen LogP) is 1.88. The highest BCUT2D eigenvalue weighted by atomic mass is 19.1. The maximum atomic E-state index is 13.3. The molecular weight excluding hydrogens is 141 g/mol. The van der Waals surface area contributed by atoms with Crippen molar-refractivity contribution < 1.29 is 4.39 Å². The van der Waals surface area contributed by atoms with Gasteiger partial charge in [0.1, 0.15) is 6.17 Å². The Labute approximate surface area is 67.4 Å². The van der Waals surface area contributed by atoms with Crippen LogP contribution in [0.5, 0.6) is 0 Å². The fraction of sp³-hybridized carbons (Fsp3) is 1.00. The van der Waals surface area contributed by atoms with Crippen molar-refractivity contribution in [1.29, 1.82) is 0 Å². The van der Waals surface area contributed by atoms with Gasteiger partial charge in [-0.15, -0.1) is 0 Å². The molecule has 64 valence electrons. The average Bonchev–Trinajstić information content (AvgIpc) is 1.90. The van der Waals surface area contributed by atoms with E-state index in [4.69, 9.17) is 0 Å². The Morgan fingerprint density at radius 3 is 2.45 bits per heavy atom. The molecule has 1 N–H and O–H groups in total. The van der Waals surface area contributed by atoms with Crippen molar-refractivity contribution in [2.45, 2.75) is 44.3 Å². The van der Waals surface area contributed by atoms with Crippen molar-refractivity contribution in [1.82, 2.24) is 5.32 Å². The third kappa shape index (κ3) is 1.41. The number of nitrogens with one attached hydrogen (secondary N) is 1. The van der Waals surface area contributed by atoms with E-state index in [9.17, 15) is 4.39 Å². The van der Waals surface area contributed by atoms with E-state index in [1.165, 1.54) is 19.3 Å². The Kier molecular flexibility index (Phi) is 2.12. The number of rotatable bonds is 1. The summed E-state index contributed by atoms with van der Waals surface area (Å²) in [6.45, 7) is 1.03. The number of piperidine rings is 1. The Bertz CT molecular complexity index is 132. The zero-order valence-electron chi connectivity index (χ0n) is 6.85. The van der Waals surface area contributed by atoms with Crippen LogP contribution in [0.4, 0.5) is 4.39 Å². The second-order valence-electron chi connectivity index (χ2n) is 3.83. The molecule has 2 aliphatic rings. The first-order chi connectivity index (χ1) is 5.38. The maximum Gasteiger partial charge on any atom is 0.116 e. The fourth-order valence-corrected chi connectivity index (χ4v) is 2.13. The van der Waals surface area contributed by atoms with Gasteiger partial charge in [0.05, 0.1) is 0 Å². The van der Waals surface area contributed by atoms with Crippen LogP contribution in [-0.4, -0.2) is 18.8 Å². The van der Waals surface area contributed by atoms with E-state index in [1.54, 1.807) is 0 Å². The maximum absolute atomic E-state index is 13.3. The first-order valence-electron chi connectivity index (χ1n) is 4.75. The molecule has 0 radical (unpaired) electrons. The lowest BCUT2D eigenvalue weighted by Gasteiger charge is -2.38. The van der Waals surface area contributed by atoms with Gasteiger partial charge in [0.15, 0.2) is 0 Å². The number of hydrogen-bond donors (Lipinski definition) is 1. The second-order valence-corrected chi connectivity index (χ2v) is 3.83. The van der Waals surface area contributed by atoms with E-state index < -0.39 is 6.17 Å². The van der Waals surface area contributed by atoms with Gasteiger partial charge in [-0.05, 0) is 38.1 Å². The van der Waals surface area contributed by atoms with E-state index in [0.29, 0.717) is 5.92 Å². The minimum atomic E-state index is -0.561. The molecule has 2 fully saturated rings. The van der Waals surface area contributed by atoms with Crippen LogP contribution in [0.25, 0.3) is 0 Å². The van der Waals surface area contributed by atoms with Crippen LogP contribution in [0.15, 0.2) is 0 Å². The molecular formula is C9H16FN. The molecule has 0 spiro atoms. The summed E-state index contributed by atoms with van der Waals surface area (Å²) < 4.78 is 13.3. The first-order valence-corrected chi connectivity index (χ1v) is 4.75. The van der Waals surface area contributed by atoms with Crippen LogP contribution in [0.3, 0.4) is 0 Å². The number of halogens is 1. The molecule has 1 aliphatic heterocycles. The van der Waals surface area contributed by atoms with Gasteiger partial charge in [-0.1, -0.05) is 6.42 Å². The van der Waals surface area contributed by atoms with E-state index >= 15 is 0 Å². The molecule has 2 heteroatoms. The van der Waals surface area contributed by atoms with Gasteiger partial charge in [-0.25, -0.2) is 4.39 Å². The van der Waals surface area contributed by atoms with Gasteiger partial charge in [-0.3, -0.25) is 0 Å².